The van der Waals surface area contributed by atoms with E-state index in [1.165, 1.54) is 11.3 Å². The maximum absolute atomic E-state index is 12.0. The maximum atomic E-state index is 12.0. The zero-order valence-corrected chi connectivity index (χ0v) is 13.8. The summed E-state index contributed by atoms with van der Waals surface area (Å²) in [6, 6.07) is 16.5. The Morgan fingerprint density at radius 1 is 1.05 bits per heavy atom. The molecule has 22 heavy (non-hydrogen) atoms. The van der Waals surface area contributed by atoms with Crippen LogP contribution in [0, 0.1) is 0 Å². The molecule has 0 bridgehead atoms. The van der Waals surface area contributed by atoms with E-state index in [9.17, 15) is 9.59 Å². The van der Waals surface area contributed by atoms with Crippen LogP contribution in [-0.2, 0) is 4.74 Å². The quantitative estimate of drug-likeness (QED) is 0.490. The van der Waals surface area contributed by atoms with Gasteiger partial charge in [0.2, 0.25) is 0 Å². The molecule has 0 aliphatic rings. The molecule has 0 unspecified atom stereocenters. The van der Waals surface area contributed by atoms with Crippen LogP contribution in [0.5, 0.6) is 0 Å². The maximum Gasteiger partial charge on any atom is 0.348 e. The highest BCUT2D eigenvalue weighted by molar-refractivity contribution is 9.10. The summed E-state index contributed by atoms with van der Waals surface area (Å²) < 4.78 is 7.03. The van der Waals surface area contributed by atoms with Crippen LogP contribution in [0.25, 0.3) is 10.1 Å². The molecule has 0 spiro atoms. The van der Waals surface area contributed by atoms with E-state index in [2.05, 4.69) is 15.9 Å². The summed E-state index contributed by atoms with van der Waals surface area (Å²) in [5.41, 5.74) is 0.521. The molecular formula is C17H11BrO3S. The second-order valence-electron chi connectivity index (χ2n) is 4.65. The molecule has 0 N–H and O–H groups in total. The number of carbonyl (C=O) groups excluding carboxylic acids is 2. The van der Waals surface area contributed by atoms with Gasteiger partial charge in [0.15, 0.2) is 12.4 Å². The van der Waals surface area contributed by atoms with Gasteiger partial charge in [0.1, 0.15) is 4.88 Å². The highest BCUT2D eigenvalue weighted by atomic mass is 79.9. The van der Waals surface area contributed by atoms with Crippen molar-refractivity contribution in [1.82, 2.24) is 0 Å². The fourth-order valence-corrected chi connectivity index (χ4v) is 3.22. The molecule has 0 saturated carbocycles. The summed E-state index contributed by atoms with van der Waals surface area (Å²) in [4.78, 5) is 24.5. The van der Waals surface area contributed by atoms with Crippen molar-refractivity contribution >= 4 is 49.1 Å². The normalized spacial score (nSPS) is 10.6. The molecule has 0 aliphatic heterocycles. The van der Waals surface area contributed by atoms with Gasteiger partial charge in [-0.1, -0.05) is 46.3 Å². The number of rotatable bonds is 4. The summed E-state index contributed by atoms with van der Waals surface area (Å²) in [7, 11) is 0. The minimum Gasteiger partial charge on any atom is -0.453 e. The van der Waals surface area contributed by atoms with Gasteiger partial charge in [0.25, 0.3) is 0 Å². The topological polar surface area (TPSA) is 43.4 Å². The highest BCUT2D eigenvalue weighted by Gasteiger charge is 2.14. The molecule has 0 saturated heterocycles. The third kappa shape index (κ3) is 3.26. The first-order valence-corrected chi connectivity index (χ1v) is 8.19. The fraction of sp³-hybridized carbons (Fsp3) is 0.0588. The van der Waals surface area contributed by atoms with E-state index >= 15 is 0 Å². The minimum absolute atomic E-state index is 0.220. The number of esters is 1. The number of hydrogen-bond donors (Lipinski definition) is 0. The largest absolute Gasteiger partial charge is 0.453 e. The summed E-state index contributed by atoms with van der Waals surface area (Å²) in [5, 5.41) is 0.999. The van der Waals surface area contributed by atoms with E-state index in [0.29, 0.717) is 10.4 Å². The van der Waals surface area contributed by atoms with E-state index in [0.717, 1.165) is 14.6 Å². The molecule has 3 nitrogen and oxygen atoms in total. The molecule has 0 radical (unpaired) electrons. The van der Waals surface area contributed by atoms with Crippen molar-refractivity contribution in [3.63, 3.8) is 0 Å². The third-order valence-corrected chi connectivity index (χ3v) is 4.75. The number of ether oxygens (including phenoxy) is 1. The van der Waals surface area contributed by atoms with Crippen molar-refractivity contribution in [3.05, 3.63) is 69.5 Å². The number of fused-ring (bicyclic) bond motifs is 1. The highest BCUT2D eigenvalue weighted by Crippen LogP contribution is 2.25. The summed E-state index contributed by atoms with van der Waals surface area (Å²) in [5.74, 6) is -0.686. The SMILES string of the molecule is O=C(COC(=O)c1cc2ccccc2s1)c1ccc(Br)cc1. The molecular weight excluding hydrogens is 364 g/mol. The Labute approximate surface area is 139 Å². The van der Waals surface area contributed by atoms with Gasteiger partial charge in [-0.25, -0.2) is 4.79 Å². The zero-order chi connectivity index (χ0) is 15.5. The molecule has 110 valence electrons. The number of Topliss-reactive ketones (excluding diaryl/α,β-unsaturated/α-hetero) is 1. The van der Waals surface area contributed by atoms with Crippen LogP contribution in [0.15, 0.2) is 59.1 Å². The fourth-order valence-electron chi connectivity index (χ4n) is 2.00. The Bertz CT molecular complexity index is 803. The number of halogens is 1. The lowest BCUT2D eigenvalue weighted by Crippen LogP contribution is -2.13. The molecule has 3 aromatic rings. The van der Waals surface area contributed by atoms with E-state index in [-0.39, 0.29) is 12.4 Å². The van der Waals surface area contributed by atoms with Crippen molar-refractivity contribution in [2.75, 3.05) is 6.61 Å². The third-order valence-electron chi connectivity index (χ3n) is 3.13. The second-order valence-corrected chi connectivity index (χ2v) is 6.65. The van der Waals surface area contributed by atoms with E-state index in [4.69, 9.17) is 4.74 Å². The standard InChI is InChI=1S/C17H11BrO3S/c18-13-7-5-11(6-8-13)14(19)10-21-17(20)16-9-12-3-1-2-4-15(12)22-16/h1-9H,10H2. The molecule has 5 heteroatoms. The molecule has 0 aliphatic carbocycles. The van der Waals surface area contributed by atoms with Gasteiger partial charge in [-0.3, -0.25) is 4.79 Å². The van der Waals surface area contributed by atoms with Gasteiger partial charge >= 0.3 is 5.97 Å². The van der Waals surface area contributed by atoms with Crippen LogP contribution in [-0.4, -0.2) is 18.4 Å². The lowest BCUT2D eigenvalue weighted by Gasteiger charge is -2.03. The van der Waals surface area contributed by atoms with Crippen LogP contribution in [0.3, 0.4) is 0 Å². The van der Waals surface area contributed by atoms with E-state index in [1.807, 2.05) is 24.3 Å². The Balaban J connectivity index is 1.66. The van der Waals surface area contributed by atoms with E-state index in [1.54, 1.807) is 30.3 Å². The molecule has 3 rings (SSSR count). The number of ketones is 1. The van der Waals surface area contributed by atoms with Crippen molar-refractivity contribution in [3.8, 4) is 0 Å². The van der Waals surface area contributed by atoms with Crippen LogP contribution in [0.2, 0.25) is 0 Å². The molecule has 0 amide bonds. The van der Waals surface area contributed by atoms with Gasteiger partial charge in [-0.05, 0) is 29.7 Å². The first-order valence-electron chi connectivity index (χ1n) is 6.58. The van der Waals surface area contributed by atoms with Crippen LogP contribution in [0.4, 0.5) is 0 Å². The van der Waals surface area contributed by atoms with Crippen molar-refractivity contribution in [1.29, 1.82) is 0 Å². The lowest BCUT2D eigenvalue weighted by atomic mass is 10.1. The number of hydrogen-bond acceptors (Lipinski definition) is 4. The molecule has 1 aromatic heterocycles. The first-order chi connectivity index (χ1) is 10.6. The average molecular weight is 375 g/mol. The predicted molar refractivity (Wildman–Crippen MR) is 90.6 cm³/mol. The minimum atomic E-state index is -0.466. The molecule has 1 heterocycles. The van der Waals surface area contributed by atoms with Crippen molar-refractivity contribution in [2.45, 2.75) is 0 Å². The number of carbonyl (C=O) groups is 2. The predicted octanol–water partition coefficient (Wildman–Crippen LogP) is 4.70. The summed E-state index contributed by atoms with van der Waals surface area (Å²) >= 11 is 4.67. The van der Waals surface area contributed by atoms with E-state index < -0.39 is 5.97 Å². The first kappa shape index (κ1) is 14.9. The lowest BCUT2D eigenvalue weighted by molar-refractivity contribution is 0.0479. The van der Waals surface area contributed by atoms with Crippen molar-refractivity contribution in [2.24, 2.45) is 0 Å². The summed E-state index contributed by atoms with van der Waals surface area (Å²) in [6.07, 6.45) is 0. The Hall–Kier alpha value is -1.98. The zero-order valence-electron chi connectivity index (χ0n) is 11.4. The second kappa shape index (κ2) is 6.42. The molecule has 0 atom stereocenters. The van der Waals surface area contributed by atoms with Gasteiger partial charge in [0, 0.05) is 14.7 Å². The van der Waals surface area contributed by atoms with Crippen LogP contribution in [0.1, 0.15) is 20.0 Å². The van der Waals surface area contributed by atoms with Crippen molar-refractivity contribution < 1.29 is 14.3 Å². The molecule has 0 fully saturated rings. The van der Waals surface area contributed by atoms with Gasteiger partial charge in [-0.15, -0.1) is 11.3 Å². The van der Waals surface area contributed by atoms with Gasteiger partial charge in [-0.2, -0.15) is 0 Å². The van der Waals surface area contributed by atoms with Gasteiger partial charge in [0.05, 0.1) is 0 Å². The number of benzene rings is 2. The number of thiophene rings is 1. The Morgan fingerprint density at radius 3 is 2.50 bits per heavy atom. The Morgan fingerprint density at radius 2 is 1.77 bits per heavy atom. The Kier molecular flexibility index (Phi) is 4.36. The van der Waals surface area contributed by atoms with Gasteiger partial charge < -0.3 is 4.74 Å². The van der Waals surface area contributed by atoms with Crippen LogP contribution < -0.4 is 0 Å². The smallest absolute Gasteiger partial charge is 0.348 e. The molecule has 2 aromatic carbocycles. The monoisotopic (exact) mass is 374 g/mol. The summed E-state index contributed by atoms with van der Waals surface area (Å²) in [6.45, 7) is -0.255. The average Bonchev–Trinajstić information content (AvgIpc) is 2.97. The van der Waals surface area contributed by atoms with Crippen LogP contribution >= 0.6 is 27.3 Å².